The molecule has 1 aromatic carbocycles. The van der Waals surface area contributed by atoms with Crippen molar-refractivity contribution in [2.24, 2.45) is 11.7 Å². The topological polar surface area (TPSA) is 46.3 Å². The predicted molar refractivity (Wildman–Crippen MR) is 89.7 cm³/mol. The van der Waals surface area contributed by atoms with E-state index in [-0.39, 0.29) is 24.4 Å². The van der Waals surface area contributed by atoms with Gasteiger partial charge in [-0.05, 0) is 30.2 Å². The monoisotopic (exact) mass is 310 g/mol. The molecule has 0 radical (unpaired) electrons. The molecule has 1 fully saturated rings. The summed E-state index contributed by atoms with van der Waals surface area (Å²) in [5.41, 5.74) is 7.03. The summed E-state index contributed by atoms with van der Waals surface area (Å²) in [4.78, 5) is 14.6. The average molecular weight is 311 g/mol. The van der Waals surface area contributed by atoms with Gasteiger partial charge in [-0.2, -0.15) is 0 Å². The van der Waals surface area contributed by atoms with Crippen molar-refractivity contribution in [2.45, 2.75) is 45.1 Å². The molecule has 118 valence electrons. The van der Waals surface area contributed by atoms with Crippen LogP contribution in [0.5, 0.6) is 0 Å². The van der Waals surface area contributed by atoms with Crippen molar-refractivity contribution in [3.8, 4) is 0 Å². The molecule has 0 saturated carbocycles. The van der Waals surface area contributed by atoms with Gasteiger partial charge in [0.1, 0.15) is 0 Å². The molecule has 0 spiro atoms. The van der Waals surface area contributed by atoms with Crippen molar-refractivity contribution in [3.63, 3.8) is 0 Å². The minimum absolute atomic E-state index is 0. The van der Waals surface area contributed by atoms with Crippen molar-refractivity contribution < 1.29 is 4.79 Å². The van der Waals surface area contributed by atoms with E-state index in [1.54, 1.807) is 0 Å². The summed E-state index contributed by atoms with van der Waals surface area (Å²) in [6.07, 6.45) is 2.74. The highest BCUT2D eigenvalue weighted by Crippen LogP contribution is 2.30. The fourth-order valence-corrected chi connectivity index (χ4v) is 3.15. The molecular formula is C17H27ClN2O. The van der Waals surface area contributed by atoms with Crippen molar-refractivity contribution in [2.75, 3.05) is 13.1 Å². The Morgan fingerprint density at radius 1 is 1.33 bits per heavy atom. The van der Waals surface area contributed by atoms with Crippen molar-refractivity contribution in [1.82, 2.24) is 4.90 Å². The van der Waals surface area contributed by atoms with Gasteiger partial charge in [0.2, 0.25) is 5.91 Å². The number of amides is 1. The van der Waals surface area contributed by atoms with Crippen LogP contribution in [0.25, 0.3) is 0 Å². The van der Waals surface area contributed by atoms with Crippen LogP contribution in [0.4, 0.5) is 0 Å². The number of halogens is 1. The van der Waals surface area contributed by atoms with E-state index in [0.717, 1.165) is 19.4 Å². The molecule has 0 bridgehead atoms. The fraction of sp³-hybridized carbons (Fsp3) is 0.588. The average Bonchev–Trinajstić information content (AvgIpc) is 2.93. The number of nitrogens with two attached hydrogens (primary N) is 1. The molecule has 1 saturated heterocycles. The Hall–Kier alpha value is -1.06. The lowest BCUT2D eigenvalue weighted by atomic mass is 9.85. The number of nitrogens with zero attached hydrogens (tertiary/aromatic N) is 1. The molecule has 2 unspecified atom stereocenters. The summed E-state index contributed by atoms with van der Waals surface area (Å²) in [7, 11) is 0. The predicted octanol–water partition coefficient (Wildman–Crippen LogP) is 3.19. The largest absolute Gasteiger partial charge is 0.338 e. The molecule has 2 atom stereocenters. The Morgan fingerprint density at radius 2 is 2.00 bits per heavy atom. The minimum Gasteiger partial charge on any atom is -0.338 e. The third-order valence-corrected chi connectivity index (χ3v) is 4.40. The van der Waals surface area contributed by atoms with Gasteiger partial charge < -0.3 is 10.6 Å². The van der Waals surface area contributed by atoms with Crippen LogP contribution in [0.15, 0.2) is 30.3 Å². The van der Waals surface area contributed by atoms with E-state index >= 15 is 0 Å². The second-order valence-corrected chi connectivity index (χ2v) is 6.08. The zero-order valence-corrected chi connectivity index (χ0v) is 13.8. The summed E-state index contributed by atoms with van der Waals surface area (Å²) in [6, 6.07) is 10.6. The van der Waals surface area contributed by atoms with E-state index in [0.29, 0.717) is 24.8 Å². The molecule has 1 heterocycles. The van der Waals surface area contributed by atoms with Gasteiger partial charge in [-0.15, -0.1) is 12.4 Å². The lowest BCUT2D eigenvalue weighted by Gasteiger charge is -2.27. The molecule has 0 aromatic heterocycles. The summed E-state index contributed by atoms with van der Waals surface area (Å²) in [5, 5.41) is 0. The van der Waals surface area contributed by atoms with Crippen molar-refractivity contribution in [1.29, 1.82) is 0 Å². The van der Waals surface area contributed by atoms with Crippen LogP contribution in [0, 0.1) is 5.92 Å². The van der Waals surface area contributed by atoms with Crippen LogP contribution in [-0.4, -0.2) is 29.9 Å². The van der Waals surface area contributed by atoms with E-state index in [1.807, 2.05) is 23.1 Å². The molecule has 1 aliphatic rings. The third kappa shape index (κ3) is 4.45. The molecule has 1 amide bonds. The Labute approximate surface area is 134 Å². The number of hydrogen-bond acceptors (Lipinski definition) is 2. The van der Waals surface area contributed by atoms with Crippen LogP contribution < -0.4 is 5.73 Å². The van der Waals surface area contributed by atoms with Gasteiger partial charge in [0, 0.05) is 25.6 Å². The maximum Gasteiger partial charge on any atom is 0.223 e. The van der Waals surface area contributed by atoms with Gasteiger partial charge in [-0.3, -0.25) is 4.79 Å². The standard InChI is InChI=1S/C17H26N2O.ClH/c1-13(2)16(14-7-4-3-5-8-14)11-17(20)19-10-6-9-15(19)12-18;/h3-5,7-8,13,15-16H,6,9-12,18H2,1-2H3;1H. The SMILES string of the molecule is CC(C)C(CC(=O)N1CCCC1CN)c1ccccc1.Cl. The van der Waals surface area contributed by atoms with Gasteiger partial charge in [0.05, 0.1) is 0 Å². The first-order chi connectivity index (χ1) is 9.63. The fourth-order valence-electron chi connectivity index (χ4n) is 3.15. The quantitative estimate of drug-likeness (QED) is 0.908. The van der Waals surface area contributed by atoms with Crippen molar-refractivity contribution in [3.05, 3.63) is 35.9 Å². The molecule has 21 heavy (non-hydrogen) atoms. The Morgan fingerprint density at radius 3 is 2.57 bits per heavy atom. The van der Waals surface area contributed by atoms with Crippen molar-refractivity contribution >= 4 is 18.3 Å². The van der Waals surface area contributed by atoms with Crippen LogP contribution in [0.1, 0.15) is 44.6 Å². The highest BCUT2D eigenvalue weighted by Gasteiger charge is 2.30. The second-order valence-electron chi connectivity index (χ2n) is 6.08. The van der Waals surface area contributed by atoms with Gasteiger partial charge in [0.25, 0.3) is 0 Å². The van der Waals surface area contributed by atoms with Gasteiger partial charge in [0.15, 0.2) is 0 Å². The molecule has 4 heteroatoms. The lowest BCUT2D eigenvalue weighted by Crippen LogP contribution is -2.40. The lowest BCUT2D eigenvalue weighted by molar-refractivity contribution is -0.132. The third-order valence-electron chi connectivity index (χ3n) is 4.40. The minimum atomic E-state index is 0. The van der Waals surface area contributed by atoms with Gasteiger partial charge in [-0.1, -0.05) is 44.2 Å². The first kappa shape index (κ1) is 18.0. The maximum atomic E-state index is 12.6. The van der Waals surface area contributed by atoms with Crippen LogP contribution in [-0.2, 0) is 4.79 Å². The Balaban J connectivity index is 0.00000220. The van der Waals surface area contributed by atoms with E-state index in [2.05, 4.69) is 26.0 Å². The number of likely N-dealkylation sites (tertiary alicyclic amines) is 1. The number of carbonyl (C=O) groups is 1. The van der Waals surface area contributed by atoms with Crippen LogP contribution in [0.3, 0.4) is 0 Å². The second kappa shape index (κ2) is 8.40. The molecule has 1 aliphatic heterocycles. The molecule has 2 N–H and O–H groups in total. The molecule has 0 aliphatic carbocycles. The number of hydrogen-bond donors (Lipinski definition) is 1. The smallest absolute Gasteiger partial charge is 0.223 e. The van der Waals surface area contributed by atoms with E-state index in [4.69, 9.17) is 5.73 Å². The summed E-state index contributed by atoms with van der Waals surface area (Å²) in [5.74, 6) is 1.02. The van der Waals surface area contributed by atoms with Gasteiger partial charge >= 0.3 is 0 Å². The highest BCUT2D eigenvalue weighted by molar-refractivity contribution is 5.85. The van der Waals surface area contributed by atoms with Gasteiger partial charge in [-0.25, -0.2) is 0 Å². The summed E-state index contributed by atoms with van der Waals surface area (Å²) in [6.45, 7) is 5.84. The first-order valence-electron chi connectivity index (χ1n) is 7.68. The van der Waals surface area contributed by atoms with Crippen LogP contribution >= 0.6 is 12.4 Å². The molecule has 3 nitrogen and oxygen atoms in total. The van der Waals surface area contributed by atoms with E-state index in [1.165, 1.54) is 5.56 Å². The maximum absolute atomic E-state index is 12.6. The Kier molecular flexibility index (Phi) is 7.20. The van der Waals surface area contributed by atoms with Crippen LogP contribution in [0.2, 0.25) is 0 Å². The normalized spacial score (nSPS) is 19.4. The molecule has 1 aromatic rings. The molecular weight excluding hydrogens is 284 g/mol. The number of benzene rings is 1. The Bertz CT molecular complexity index is 436. The zero-order valence-electron chi connectivity index (χ0n) is 13.0. The molecule has 2 rings (SSSR count). The summed E-state index contributed by atoms with van der Waals surface area (Å²) >= 11 is 0. The number of carbonyl (C=O) groups excluding carboxylic acids is 1. The zero-order chi connectivity index (χ0) is 14.5. The van der Waals surface area contributed by atoms with E-state index < -0.39 is 0 Å². The van der Waals surface area contributed by atoms with E-state index in [9.17, 15) is 4.79 Å². The number of rotatable bonds is 5. The summed E-state index contributed by atoms with van der Waals surface area (Å²) < 4.78 is 0. The highest BCUT2D eigenvalue weighted by atomic mass is 35.5. The first-order valence-corrected chi connectivity index (χ1v) is 7.68.